The topological polar surface area (TPSA) is 41.7 Å². The van der Waals surface area contributed by atoms with E-state index in [4.69, 9.17) is 10.5 Å². The van der Waals surface area contributed by atoms with Crippen LogP contribution in [0.3, 0.4) is 0 Å². The van der Waals surface area contributed by atoms with Gasteiger partial charge in [-0.05, 0) is 33.0 Å². The van der Waals surface area contributed by atoms with Crippen molar-refractivity contribution in [1.82, 2.24) is 4.90 Å². The van der Waals surface area contributed by atoms with Gasteiger partial charge in [0.1, 0.15) is 5.75 Å². The van der Waals surface area contributed by atoms with Crippen LogP contribution >= 0.6 is 0 Å². The van der Waals surface area contributed by atoms with Gasteiger partial charge in [-0.3, -0.25) is 0 Å². The number of hydrogen-bond donors (Lipinski definition) is 1. The van der Waals surface area contributed by atoms with Crippen molar-refractivity contribution >= 4 is 11.4 Å². The molecule has 1 aliphatic rings. The Labute approximate surface area is 116 Å². The third-order valence-electron chi connectivity index (χ3n) is 3.83. The monoisotopic (exact) mass is 263 g/mol. The number of hydrogen-bond acceptors (Lipinski definition) is 4. The number of likely N-dealkylation sites (N-methyl/N-ethyl adjacent to an activating group) is 1. The molecule has 1 heterocycles. The largest absolute Gasteiger partial charge is 0.494 e. The Balaban J connectivity index is 2.18. The molecule has 0 aliphatic carbocycles. The molecule has 2 rings (SSSR count). The molecule has 106 valence electrons. The third-order valence-corrected chi connectivity index (χ3v) is 3.83. The van der Waals surface area contributed by atoms with E-state index in [0.717, 1.165) is 24.5 Å². The summed E-state index contributed by atoms with van der Waals surface area (Å²) in [7, 11) is 4.30. The average molecular weight is 263 g/mol. The van der Waals surface area contributed by atoms with Crippen LogP contribution < -0.4 is 15.4 Å². The van der Waals surface area contributed by atoms with Gasteiger partial charge in [0.25, 0.3) is 0 Å². The second-order valence-corrected chi connectivity index (χ2v) is 5.61. The lowest BCUT2D eigenvalue weighted by atomic mass is 10.1. The maximum absolute atomic E-state index is 5.97. The van der Waals surface area contributed by atoms with Crippen molar-refractivity contribution in [3.63, 3.8) is 0 Å². The SMILES string of the molecule is CCOc1cc(N)cc(N2CC(C)C(N(C)C)C2)c1. The molecule has 4 heteroatoms. The zero-order valence-corrected chi connectivity index (χ0v) is 12.4. The van der Waals surface area contributed by atoms with Gasteiger partial charge >= 0.3 is 0 Å². The van der Waals surface area contributed by atoms with Gasteiger partial charge in [0, 0.05) is 42.6 Å². The van der Waals surface area contributed by atoms with Gasteiger partial charge in [-0.2, -0.15) is 0 Å². The summed E-state index contributed by atoms with van der Waals surface area (Å²) in [5.74, 6) is 1.52. The van der Waals surface area contributed by atoms with Crippen LogP contribution in [0.1, 0.15) is 13.8 Å². The molecule has 1 fully saturated rings. The van der Waals surface area contributed by atoms with Crippen LogP contribution in [0, 0.1) is 5.92 Å². The van der Waals surface area contributed by atoms with Gasteiger partial charge in [-0.15, -0.1) is 0 Å². The highest BCUT2D eigenvalue weighted by Crippen LogP contribution is 2.30. The van der Waals surface area contributed by atoms with Crippen molar-refractivity contribution in [2.24, 2.45) is 5.92 Å². The molecule has 2 N–H and O–H groups in total. The molecule has 4 nitrogen and oxygen atoms in total. The number of nitrogens with zero attached hydrogens (tertiary/aromatic N) is 2. The van der Waals surface area contributed by atoms with E-state index in [2.05, 4.69) is 36.9 Å². The second-order valence-electron chi connectivity index (χ2n) is 5.61. The van der Waals surface area contributed by atoms with E-state index in [9.17, 15) is 0 Å². The predicted octanol–water partition coefficient (Wildman–Crippen LogP) is 2.05. The first kappa shape index (κ1) is 14.0. The zero-order chi connectivity index (χ0) is 14.0. The number of nitrogen functional groups attached to an aromatic ring is 1. The first-order valence-electron chi connectivity index (χ1n) is 6.96. The summed E-state index contributed by atoms with van der Waals surface area (Å²) in [4.78, 5) is 4.70. The number of rotatable bonds is 4. The Morgan fingerprint density at radius 1 is 1.32 bits per heavy atom. The van der Waals surface area contributed by atoms with Crippen molar-refractivity contribution in [3.8, 4) is 5.75 Å². The summed E-state index contributed by atoms with van der Waals surface area (Å²) < 4.78 is 5.57. The molecule has 0 bridgehead atoms. The summed E-state index contributed by atoms with van der Waals surface area (Å²) in [6.45, 7) is 7.07. The number of ether oxygens (including phenoxy) is 1. The van der Waals surface area contributed by atoms with Crippen LogP contribution in [0.15, 0.2) is 18.2 Å². The molecule has 0 aromatic heterocycles. The Morgan fingerprint density at radius 3 is 2.63 bits per heavy atom. The summed E-state index contributed by atoms with van der Waals surface area (Å²) in [6, 6.07) is 6.60. The normalized spacial score (nSPS) is 23.1. The molecular formula is C15H25N3O. The van der Waals surface area contributed by atoms with Crippen LogP contribution in [0.4, 0.5) is 11.4 Å². The molecule has 19 heavy (non-hydrogen) atoms. The molecule has 2 atom stereocenters. The standard InChI is InChI=1S/C15H25N3O/c1-5-19-14-7-12(16)6-13(8-14)18-9-11(2)15(10-18)17(3)4/h6-8,11,15H,5,9-10,16H2,1-4H3. The Hall–Kier alpha value is -1.42. The highest BCUT2D eigenvalue weighted by Gasteiger charge is 2.31. The van der Waals surface area contributed by atoms with Crippen molar-refractivity contribution in [3.05, 3.63) is 18.2 Å². The molecule has 0 radical (unpaired) electrons. The average Bonchev–Trinajstić information content (AvgIpc) is 2.71. The van der Waals surface area contributed by atoms with Gasteiger partial charge < -0.3 is 20.3 Å². The van der Waals surface area contributed by atoms with E-state index >= 15 is 0 Å². The lowest BCUT2D eigenvalue weighted by Gasteiger charge is -2.23. The molecule has 1 aromatic rings. The zero-order valence-electron chi connectivity index (χ0n) is 12.4. The van der Waals surface area contributed by atoms with E-state index in [-0.39, 0.29) is 0 Å². The summed E-state index contributed by atoms with van der Waals surface area (Å²) >= 11 is 0. The van der Waals surface area contributed by atoms with E-state index in [1.54, 1.807) is 0 Å². The molecule has 0 spiro atoms. The highest BCUT2D eigenvalue weighted by molar-refractivity contribution is 5.61. The fraction of sp³-hybridized carbons (Fsp3) is 0.600. The number of anilines is 2. The smallest absolute Gasteiger partial charge is 0.123 e. The van der Waals surface area contributed by atoms with Crippen molar-refractivity contribution in [2.45, 2.75) is 19.9 Å². The van der Waals surface area contributed by atoms with Crippen LogP contribution in [0.25, 0.3) is 0 Å². The molecular weight excluding hydrogens is 238 g/mol. The van der Waals surface area contributed by atoms with Crippen LogP contribution in [-0.2, 0) is 0 Å². The fourth-order valence-electron chi connectivity index (χ4n) is 2.87. The minimum Gasteiger partial charge on any atom is -0.494 e. The fourth-order valence-corrected chi connectivity index (χ4v) is 2.87. The van der Waals surface area contributed by atoms with Crippen LogP contribution in [-0.4, -0.2) is 44.7 Å². The Kier molecular flexibility index (Phi) is 4.20. The summed E-state index contributed by atoms with van der Waals surface area (Å²) in [6.07, 6.45) is 0. The minimum absolute atomic E-state index is 0.594. The van der Waals surface area contributed by atoms with E-state index < -0.39 is 0 Å². The maximum Gasteiger partial charge on any atom is 0.123 e. The molecule has 1 saturated heterocycles. The molecule has 1 aliphatic heterocycles. The first-order chi connectivity index (χ1) is 9.01. The number of benzene rings is 1. The number of nitrogens with two attached hydrogens (primary N) is 1. The van der Waals surface area contributed by atoms with E-state index in [1.807, 2.05) is 19.1 Å². The molecule has 0 saturated carbocycles. The Bertz CT molecular complexity index is 433. The lowest BCUT2D eigenvalue weighted by molar-refractivity contribution is 0.266. The summed E-state index contributed by atoms with van der Waals surface area (Å²) in [5, 5.41) is 0. The van der Waals surface area contributed by atoms with Crippen LogP contribution in [0.2, 0.25) is 0 Å². The lowest BCUT2D eigenvalue weighted by Crippen LogP contribution is -2.34. The Morgan fingerprint density at radius 2 is 2.05 bits per heavy atom. The van der Waals surface area contributed by atoms with Crippen molar-refractivity contribution in [1.29, 1.82) is 0 Å². The highest BCUT2D eigenvalue weighted by atomic mass is 16.5. The van der Waals surface area contributed by atoms with Crippen molar-refractivity contribution in [2.75, 3.05) is 44.4 Å². The van der Waals surface area contributed by atoms with Crippen LogP contribution in [0.5, 0.6) is 5.75 Å². The van der Waals surface area contributed by atoms with Gasteiger partial charge in [0.2, 0.25) is 0 Å². The van der Waals surface area contributed by atoms with Crippen molar-refractivity contribution < 1.29 is 4.74 Å². The maximum atomic E-state index is 5.97. The molecule has 2 unspecified atom stereocenters. The van der Waals surface area contributed by atoms with E-state index in [0.29, 0.717) is 18.6 Å². The minimum atomic E-state index is 0.594. The van der Waals surface area contributed by atoms with E-state index in [1.165, 1.54) is 5.69 Å². The third kappa shape index (κ3) is 3.13. The first-order valence-corrected chi connectivity index (χ1v) is 6.96. The van der Waals surface area contributed by atoms with Gasteiger partial charge in [0.15, 0.2) is 0 Å². The molecule has 1 aromatic carbocycles. The predicted molar refractivity (Wildman–Crippen MR) is 80.9 cm³/mol. The van der Waals surface area contributed by atoms with Gasteiger partial charge in [-0.1, -0.05) is 6.92 Å². The second kappa shape index (κ2) is 5.70. The van der Waals surface area contributed by atoms with Gasteiger partial charge in [-0.25, -0.2) is 0 Å². The van der Waals surface area contributed by atoms with Gasteiger partial charge in [0.05, 0.1) is 6.61 Å². The molecule has 0 amide bonds. The quantitative estimate of drug-likeness (QED) is 0.844. The summed E-state index contributed by atoms with van der Waals surface area (Å²) in [5.41, 5.74) is 7.90.